The molecule has 0 bridgehead atoms. The summed E-state index contributed by atoms with van der Waals surface area (Å²) in [7, 11) is -4.38. The first-order valence-electron chi connectivity index (χ1n) is 30.0. The largest absolute Gasteiger partial charge is 0.472 e. The normalized spacial score (nSPS) is 12.9. The zero-order valence-electron chi connectivity index (χ0n) is 45.4. The van der Waals surface area contributed by atoms with Gasteiger partial charge in [0.25, 0.3) is 0 Å². The molecule has 0 heterocycles. The summed E-state index contributed by atoms with van der Waals surface area (Å²) in [6, 6.07) is 0. The van der Waals surface area contributed by atoms with E-state index in [0.29, 0.717) is 6.42 Å². The van der Waals surface area contributed by atoms with Gasteiger partial charge in [0.15, 0.2) is 6.10 Å². The summed E-state index contributed by atoms with van der Waals surface area (Å²) in [5, 5.41) is 0. The van der Waals surface area contributed by atoms with Gasteiger partial charge in [-0.1, -0.05) is 303 Å². The van der Waals surface area contributed by atoms with Crippen LogP contribution in [0.15, 0.2) is 0 Å². The Labute approximate surface area is 422 Å². The molecule has 0 aliphatic carbocycles. The van der Waals surface area contributed by atoms with E-state index in [9.17, 15) is 19.0 Å². The minimum absolute atomic E-state index is 0.0585. The van der Waals surface area contributed by atoms with Crippen LogP contribution in [0.25, 0.3) is 0 Å². The molecule has 68 heavy (non-hydrogen) atoms. The van der Waals surface area contributed by atoms with Crippen molar-refractivity contribution in [2.24, 2.45) is 5.73 Å². The summed E-state index contributed by atoms with van der Waals surface area (Å²) >= 11 is 0. The second-order valence-corrected chi connectivity index (χ2v) is 22.0. The zero-order chi connectivity index (χ0) is 49.5. The zero-order valence-corrected chi connectivity index (χ0v) is 46.3. The van der Waals surface area contributed by atoms with Gasteiger partial charge in [0, 0.05) is 19.4 Å². The van der Waals surface area contributed by atoms with Crippen molar-refractivity contribution in [2.75, 3.05) is 26.4 Å². The average molecular weight is 987 g/mol. The van der Waals surface area contributed by atoms with Crippen molar-refractivity contribution in [3.8, 4) is 0 Å². The Morgan fingerprint density at radius 1 is 0.382 bits per heavy atom. The van der Waals surface area contributed by atoms with E-state index in [1.165, 1.54) is 263 Å². The first-order chi connectivity index (χ1) is 33.3. The lowest BCUT2D eigenvalue weighted by Crippen LogP contribution is -2.29. The molecule has 0 fully saturated rings. The fraction of sp³-hybridized carbons (Fsp3) is 0.966. The van der Waals surface area contributed by atoms with Crippen molar-refractivity contribution in [1.82, 2.24) is 0 Å². The average Bonchev–Trinajstić information content (AvgIpc) is 3.33. The second-order valence-electron chi connectivity index (χ2n) is 20.6. The van der Waals surface area contributed by atoms with Crippen LogP contribution < -0.4 is 5.73 Å². The molecule has 0 saturated heterocycles. The SMILES string of the molecule is CCCCCCCCCCCCCCCCCCCCCCCCCCCCCCCCCCCC(=O)OC(COC(=O)CCCCCCCCCCCCCCCC)COP(=O)(O)OCCN. The van der Waals surface area contributed by atoms with Gasteiger partial charge < -0.3 is 20.1 Å². The standard InChI is InChI=1S/C58H116NO8P/c1-3-5-7-9-11-13-15-17-19-20-21-22-23-24-25-26-27-28-29-30-31-32-33-34-35-36-37-39-41-43-45-47-49-51-58(61)67-56(55-66-68(62,63)65-53-52-59)54-64-57(60)50-48-46-44-42-40-38-18-16-14-12-10-8-6-4-2/h56H,3-55,59H2,1-2H3,(H,62,63). The van der Waals surface area contributed by atoms with E-state index in [0.717, 1.165) is 32.1 Å². The van der Waals surface area contributed by atoms with Gasteiger partial charge in [-0.2, -0.15) is 0 Å². The van der Waals surface area contributed by atoms with E-state index in [1.807, 2.05) is 0 Å². The van der Waals surface area contributed by atoms with Crippen molar-refractivity contribution >= 4 is 19.8 Å². The number of nitrogens with two attached hydrogens (primary N) is 1. The first kappa shape index (κ1) is 67.0. The minimum Gasteiger partial charge on any atom is -0.462 e. The maximum absolute atomic E-state index is 12.7. The Morgan fingerprint density at radius 3 is 0.897 bits per heavy atom. The van der Waals surface area contributed by atoms with Crippen molar-refractivity contribution in [3.05, 3.63) is 0 Å². The quantitative estimate of drug-likeness (QED) is 0.0347. The molecular weight excluding hydrogens is 870 g/mol. The number of esters is 2. The van der Waals surface area contributed by atoms with Gasteiger partial charge in [0.2, 0.25) is 0 Å². The van der Waals surface area contributed by atoms with E-state index in [2.05, 4.69) is 13.8 Å². The highest BCUT2D eigenvalue weighted by Gasteiger charge is 2.26. The van der Waals surface area contributed by atoms with Crippen LogP contribution in [0.1, 0.15) is 328 Å². The molecule has 9 nitrogen and oxygen atoms in total. The number of carbonyl (C=O) groups excluding carboxylic acids is 2. The van der Waals surface area contributed by atoms with E-state index < -0.39 is 26.5 Å². The number of rotatable bonds is 58. The van der Waals surface area contributed by atoms with Crippen LogP contribution in [0, 0.1) is 0 Å². The lowest BCUT2D eigenvalue weighted by Gasteiger charge is -2.19. The molecule has 10 heteroatoms. The highest BCUT2D eigenvalue weighted by Crippen LogP contribution is 2.43. The van der Waals surface area contributed by atoms with Gasteiger partial charge in [-0.15, -0.1) is 0 Å². The molecule has 3 N–H and O–H groups in total. The van der Waals surface area contributed by atoms with Crippen LogP contribution in [0.4, 0.5) is 0 Å². The molecule has 406 valence electrons. The number of unbranched alkanes of at least 4 members (excludes halogenated alkanes) is 45. The summed E-state index contributed by atoms with van der Waals surface area (Å²) in [6.45, 7) is 3.81. The first-order valence-corrected chi connectivity index (χ1v) is 31.5. The molecule has 0 aliphatic heterocycles. The molecule has 0 rings (SSSR count). The summed E-state index contributed by atoms with van der Waals surface area (Å²) in [6.07, 6.45) is 61.9. The topological polar surface area (TPSA) is 134 Å². The van der Waals surface area contributed by atoms with Crippen LogP contribution in [0.2, 0.25) is 0 Å². The van der Waals surface area contributed by atoms with Crippen LogP contribution in [-0.4, -0.2) is 49.3 Å². The third-order valence-electron chi connectivity index (χ3n) is 13.7. The third-order valence-corrected chi connectivity index (χ3v) is 14.7. The number of phosphoric acid groups is 1. The monoisotopic (exact) mass is 986 g/mol. The van der Waals surface area contributed by atoms with E-state index in [4.69, 9.17) is 24.3 Å². The minimum atomic E-state index is -4.38. The van der Waals surface area contributed by atoms with E-state index in [-0.39, 0.29) is 38.6 Å². The Morgan fingerprint density at radius 2 is 0.632 bits per heavy atom. The van der Waals surface area contributed by atoms with E-state index >= 15 is 0 Å². The van der Waals surface area contributed by atoms with Crippen molar-refractivity contribution < 1.29 is 37.6 Å². The van der Waals surface area contributed by atoms with Crippen LogP contribution in [0.3, 0.4) is 0 Å². The summed E-state index contributed by atoms with van der Waals surface area (Å²) in [4.78, 5) is 35.1. The third kappa shape index (κ3) is 54.3. The maximum atomic E-state index is 12.7. The Bertz CT molecular complexity index is 1080. The smallest absolute Gasteiger partial charge is 0.462 e. The molecule has 2 unspecified atom stereocenters. The van der Waals surface area contributed by atoms with Crippen molar-refractivity contribution in [2.45, 2.75) is 335 Å². The number of hydrogen-bond acceptors (Lipinski definition) is 8. The van der Waals surface area contributed by atoms with Gasteiger partial charge in [0.05, 0.1) is 13.2 Å². The predicted molar refractivity (Wildman–Crippen MR) is 289 cm³/mol. The molecular formula is C58H116NO8P. The number of carbonyl (C=O) groups is 2. The van der Waals surface area contributed by atoms with Gasteiger partial charge in [0.1, 0.15) is 6.61 Å². The second kappa shape index (κ2) is 55.3. The molecule has 0 aromatic heterocycles. The molecule has 0 aliphatic rings. The van der Waals surface area contributed by atoms with E-state index in [1.54, 1.807) is 0 Å². The van der Waals surface area contributed by atoms with Crippen molar-refractivity contribution in [1.29, 1.82) is 0 Å². The fourth-order valence-corrected chi connectivity index (χ4v) is 10.1. The predicted octanol–water partition coefficient (Wildman–Crippen LogP) is 18.7. The van der Waals surface area contributed by atoms with Gasteiger partial charge in [-0.05, 0) is 12.8 Å². The lowest BCUT2D eigenvalue weighted by molar-refractivity contribution is -0.161. The molecule has 0 amide bonds. The molecule has 0 aromatic rings. The lowest BCUT2D eigenvalue weighted by atomic mass is 10.0. The number of phosphoric ester groups is 1. The van der Waals surface area contributed by atoms with Crippen LogP contribution in [0.5, 0.6) is 0 Å². The Hall–Kier alpha value is -0.990. The van der Waals surface area contributed by atoms with Crippen LogP contribution in [-0.2, 0) is 32.7 Å². The molecule has 0 radical (unpaired) electrons. The molecule has 0 saturated carbocycles. The fourth-order valence-electron chi connectivity index (χ4n) is 9.29. The molecule has 0 spiro atoms. The maximum Gasteiger partial charge on any atom is 0.472 e. The van der Waals surface area contributed by atoms with Gasteiger partial charge in [-0.3, -0.25) is 18.6 Å². The highest BCUT2D eigenvalue weighted by molar-refractivity contribution is 7.47. The Kier molecular flexibility index (Phi) is 54.5. The summed E-state index contributed by atoms with van der Waals surface area (Å²) in [5.74, 6) is -0.805. The highest BCUT2D eigenvalue weighted by atomic mass is 31.2. The van der Waals surface area contributed by atoms with Crippen molar-refractivity contribution in [3.63, 3.8) is 0 Å². The number of hydrogen-bond donors (Lipinski definition) is 2. The van der Waals surface area contributed by atoms with Gasteiger partial charge >= 0.3 is 19.8 Å². The summed E-state index contributed by atoms with van der Waals surface area (Å²) in [5.41, 5.74) is 5.38. The molecule has 2 atom stereocenters. The Balaban J connectivity index is 3.78. The summed E-state index contributed by atoms with van der Waals surface area (Å²) < 4.78 is 33.0. The number of ether oxygens (including phenoxy) is 2. The van der Waals surface area contributed by atoms with Gasteiger partial charge in [-0.25, -0.2) is 4.57 Å². The van der Waals surface area contributed by atoms with Crippen LogP contribution >= 0.6 is 7.82 Å². The molecule has 0 aromatic carbocycles.